The van der Waals surface area contributed by atoms with Gasteiger partial charge in [0, 0.05) is 19.2 Å². The van der Waals surface area contributed by atoms with Crippen LogP contribution >= 0.6 is 0 Å². The predicted octanol–water partition coefficient (Wildman–Crippen LogP) is -0.752. The molecule has 0 saturated carbocycles. The third-order valence-electron chi connectivity index (χ3n) is 4.67. The van der Waals surface area contributed by atoms with Crippen LogP contribution in [0.2, 0.25) is 0 Å². The van der Waals surface area contributed by atoms with E-state index < -0.39 is 34.3 Å². The van der Waals surface area contributed by atoms with Gasteiger partial charge in [0.15, 0.2) is 5.69 Å². The molecule has 0 aliphatic rings. The number of hydrogen-bond donors (Lipinski definition) is 5. The van der Waals surface area contributed by atoms with E-state index in [4.69, 9.17) is 5.73 Å². The molecule has 2 heterocycles. The molecule has 0 spiro atoms. The van der Waals surface area contributed by atoms with E-state index in [0.717, 1.165) is 16.1 Å². The first kappa shape index (κ1) is 20.5. The third kappa shape index (κ3) is 3.58. The van der Waals surface area contributed by atoms with E-state index in [9.17, 15) is 29.4 Å². The summed E-state index contributed by atoms with van der Waals surface area (Å²) in [5.41, 5.74) is 4.71. The van der Waals surface area contributed by atoms with Gasteiger partial charge in [-0.3, -0.25) is 14.4 Å². The number of carboxylic acid groups (broad SMARTS) is 1. The van der Waals surface area contributed by atoms with E-state index in [2.05, 4.69) is 25.9 Å². The lowest BCUT2D eigenvalue weighted by Gasteiger charge is -2.11. The number of amides is 1. The van der Waals surface area contributed by atoms with Crippen LogP contribution in [0.25, 0.3) is 5.65 Å². The molecule has 2 aromatic carbocycles. The van der Waals surface area contributed by atoms with Crippen LogP contribution < -0.4 is 27.2 Å². The maximum absolute atomic E-state index is 12.5. The van der Waals surface area contributed by atoms with Crippen LogP contribution in [0.5, 0.6) is 5.88 Å². The quantitative estimate of drug-likeness (QED) is 0.228. The summed E-state index contributed by atoms with van der Waals surface area (Å²) in [7, 11) is 0. The Morgan fingerprint density at radius 3 is 2.50 bits per heavy atom. The molecule has 0 aliphatic heterocycles. The first-order valence-electron chi connectivity index (χ1n) is 9.13. The Balaban J connectivity index is 1.46. The van der Waals surface area contributed by atoms with Crippen molar-refractivity contribution in [3.05, 3.63) is 73.3 Å². The number of anilines is 2. The molecule has 4 aromatic rings. The summed E-state index contributed by atoms with van der Waals surface area (Å²) in [4.78, 5) is 50.5. The number of carbonyl (C=O) groups is 2. The molecule has 0 unspecified atom stereocenters. The molecule has 0 fully saturated rings. The largest absolute Gasteiger partial charge is 0.489 e. The summed E-state index contributed by atoms with van der Waals surface area (Å²) in [5.74, 6) is -2.65. The zero-order chi connectivity index (χ0) is 23.0. The van der Waals surface area contributed by atoms with Gasteiger partial charge in [-0.1, -0.05) is 34.6 Å². The van der Waals surface area contributed by atoms with Crippen molar-refractivity contribution < 1.29 is 19.8 Å². The van der Waals surface area contributed by atoms with Crippen molar-refractivity contribution in [3.63, 3.8) is 0 Å². The van der Waals surface area contributed by atoms with E-state index in [1.165, 1.54) is 0 Å². The number of benzene rings is 1. The molecule has 0 radical (unpaired) electrons. The van der Waals surface area contributed by atoms with Crippen LogP contribution in [-0.2, 0) is 13.1 Å². The molecule has 13 heteroatoms. The van der Waals surface area contributed by atoms with Crippen LogP contribution in [0, 0.1) is 0 Å². The van der Waals surface area contributed by atoms with Gasteiger partial charge < -0.3 is 26.6 Å². The van der Waals surface area contributed by atoms with E-state index in [1.807, 2.05) is 0 Å². The topological polar surface area (TPSA) is 202 Å². The Hall–Kier alpha value is -4.81. The maximum Gasteiger partial charge on any atom is 0.354 e. The fraction of sp³-hybridized carbons (Fsp3) is 0.105. The minimum atomic E-state index is -1.38. The lowest BCUT2D eigenvalue weighted by Crippen LogP contribution is -2.36. The Morgan fingerprint density at radius 2 is 1.81 bits per heavy atom. The average molecular weight is 437 g/mol. The Morgan fingerprint density at radius 1 is 1.09 bits per heavy atom. The summed E-state index contributed by atoms with van der Waals surface area (Å²) in [5, 5.41) is 31.3. The standard InChI is InChI=1S/C19H15N7O6/c20-12-13(15(28)14(12)27)21-6-8-2-1-3-9(4-8)7-22-17(29)10-5-11(19(31)32)26-16(23-10)18(30)24-25-26/h1-5,21,30H,6-7,20H2,(H,22,29)(H,31,32). The fourth-order valence-electron chi connectivity index (χ4n) is 3.03. The summed E-state index contributed by atoms with van der Waals surface area (Å²) in [6, 6.07) is 8.06. The van der Waals surface area contributed by atoms with E-state index in [-0.39, 0.29) is 35.8 Å². The number of fused-ring (bicyclic) bond motifs is 1. The molecule has 6 N–H and O–H groups in total. The number of aromatic carboxylic acids is 1. The van der Waals surface area contributed by atoms with Crippen LogP contribution in [0.4, 0.5) is 11.4 Å². The zero-order valence-corrected chi connectivity index (χ0v) is 16.2. The number of hydrogen-bond acceptors (Lipinski definition) is 10. The highest BCUT2D eigenvalue weighted by atomic mass is 16.4. The van der Waals surface area contributed by atoms with Crippen molar-refractivity contribution >= 4 is 28.9 Å². The highest BCUT2D eigenvalue weighted by Crippen LogP contribution is 2.16. The number of carboxylic acids is 1. The van der Waals surface area contributed by atoms with Crippen LogP contribution in [-0.4, -0.2) is 41.9 Å². The molecule has 0 bridgehead atoms. The number of aromatic nitrogens is 4. The molecule has 0 atom stereocenters. The minimum absolute atomic E-state index is 0.0852. The van der Waals surface area contributed by atoms with Gasteiger partial charge in [-0.2, -0.15) is 4.52 Å². The zero-order valence-electron chi connectivity index (χ0n) is 16.2. The van der Waals surface area contributed by atoms with Crippen molar-refractivity contribution in [1.82, 2.24) is 25.1 Å². The molecule has 0 saturated heterocycles. The second-order valence-corrected chi connectivity index (χ2v) is 6.78. The predicted molar refractivity (Wildman–Crippen MR) is 110 cm³/mol. The van der Waals surface area contributed by atoms with Crippen molar-refractivity contribution in [2.75, 3.05) is 11.1 Å². The maximum atomic E-state index is 12.5. The molecule has 1 amide bonds. The summed E-state index contributed by atoms with van der Waals surface area (Å²) >= 11 is 0. The summed E-state index contributed by atoms with van der Waals surface area (Å²) in [6.07, 6.45) is 0. The van der Waals surface area contributed by atoms with Gasteiger partial charge >= 0.3 is 5.97 Å². The van der Waals surface area contributed by atoms with E-state index in [1.54, 1.807) is 24.3 Å². The Labute approximate surface area is 177 Å². The molecule has 0 aliphatic carbocycles. The number of nitrogens with one attached hydrogen (secondary N) is 2. The van der Waals surface area contributed by atoms with Crippen molar-refractivity contribution in [1.29, 1.82) is 0 Å². The second kappa shape index (κ2) is 7.79. The van der Waals surface area contributed by atoms with Crippen LogP contribution in [0.15, 0.2) is 39.9 Å². The van der Waals surface area contributed by atoms with Gasteiger partial charge in [0.2, 0.25) is 5.65 Å². The number of carbonyl (C=O) groups excluding carboxylic acids is 1. The van der Waals surface area contributed by atoms with Gasteiger partial charge in [0.1, 0.15) is 17.1 Å². The van der Waals surface area contributed by atoms with E-state index in [0.29, 0.717) is 5.56 Å². The average Bonchev–Trinajstić information content (AvgIpc) is 3.17. The normalized spacial score (nSPS) is 11.0. The van der Waals surface area contributed by atoms with Crippen molar-refractivity contribution in [3.8, 4) is 5.88 Å². The van der Waals surface area contributed by atoms with Gasteiger partial charge in [0.05, 0.1) is 0 Å². The number of nitrogen functional groups attached to an aromatic ring is 1. The summed E-state index contributed by atoms with van der Waals surface area (Å²) < 4.78 is 0.813. The fourth-order valence-corrected chi connectivity index (χ4v) is 3.03. The lowest BCUT2D eigenvalue weighted by molar-refractivity contribution is 0.0687. The second-order valence-electron chi connectivity index (χ2n) is 6.78. The monoisotopic (exact) mass is 437 g/mol. The number of aromatic hydroxyl groups is 1. The lowest BCUT2D eigenvalue weighted by atomic mass is 10.1. The van der Waals surface area contributed by atoms with Crippen LogP contribution in [0.1, 0.15) is 32.1 Å². The first-order chi connectivity index (χ1) is 15.3. The third-order valence-corrected chi connectivity index (χ3v) is 4.67. The molecular weight excluding hydrogens is 422 g/mol. The van der Waals surface area contributed by atoms with Crippen molar-refractivity contribution in [2.24, 2.45) is 0 Å². The van der Waals surface area contributed by atoms with Gasteiger partial charge in [-0.05, 0) is 11.1 Å². The SMILES string of the molecule is Nc1c(NCc2cccc(CNC(=O)c3cc(C(=O)O)n4nnc(O)c4n3)c2)c(=O)c1=O. The molecule has 162 valence electrons. The smallest absolute Gasteiger partial charge is 0.354 e. The number of nitrogens with two attached hydrogens (primary N) is 1. The highest BCUT2D eigenvalue weighted by molar-refractivity contribution is 5.96. The summed E-state index contributed by atoms with van der Waals surface area (Å²) in [6.45, 7) is 0.332. The number of nitrogens with zero attached hydrogens (tertiary/aromatic N) is 4. The van der Waals surface area contributed by atoms with Crippen molar-refractivity contribution in [2.45, 2.75) is 13.1 Å². The van der Waals surface area contributed by atoms with Crippen LogP contribution in [0.3, 0.4) is 0 Å². The Bertz CT molecular complexity index is 1450. The molecule has 13 nitrogen and oxygen atoms in total. The minimum Gasteiger partial charge on any atom is -0.489 e. The van der Waals surface area contributed by atoms with Gasteiger partial charge in [0.25, 0.3) is 22.6 Å². The molecule has 4 rings (SSSR count). The molecular formula is C19H15N7O6. The van der Waals surface area contributed by atoms with Gasteiger partial charge in [-0.15, -0.1) is 0 Å². The molecule has 2 aromatic heterocycles. The number of rotatable bonds is 7. The first-order valence-corrected chi connectivity index (χ1v) is 9.13. The van der Waals surface area contributed by atoms with E-state index >= 15 is 0 Å². The molecule has 32 heavy (non-hydrogen) atoms. The highest BCUT2D eigenvalue weighted by Gasteiger charge is 2.20. The Kier molecular flexibility index (Phi) is 4.98. The van der Waals surface area contributed by atoms with Gasteiger partial charge in [-0.25, -0.2) is 9.78 Å².